The first-order valence-electron chi connectivity index (χ1n) is 6.48. The third-order valence-electron chi connectivity index (χ3n) is 2.45. The zero-order chi connectivity index (χ0) is 15.4. The molecule has 0 fully saturated rings. The van der Waals surface area contributed by atoms with Crippen molar-refractivity contribution in [3.8, 4) is 0 Å². The SMILES string of the molecule is C=CC(=O)NCCOC(=O)NCCOC(=O)C(C)CC. The Morgan fingerprint density at radius 3 is 2.35 bits per heavy atom. The normalized spacial score (nSPS) is 11.1. The van der Waals surface area contributed by atoms with Gasteiger partial charge in [-0.1, -0.05) is 20.4 Å². The summed E-state index contributed by atoms with van der Waals surface area (Å²) in [6.45, 7) is 7.50. The molecular formula is C13H22N2O5. The van der Waals surface area contributed by atoms with E-state index >= 15 is 0 Å². The molecule has 0 saturated carbocycles. The van der Waals surface area contributed by atoms with Gasteiger partial charge in [0.2, 0.25) is 5.91 Å². The fourth-order valence-electron chi connectivity index (χ4n) is 1.05. The van der Waals surface area contributed by atoms with Crippen LogP contribution in [0.15, 0.2) is 12.7 Å². The lowest BCUT2D eigenvalue weighted by Crippen LogP contribution is -2.32. The second-order valence-electron chi connectivity index (χ2n) is 4.03. The van der Waals surface area contributed by atoms with Crippen LogP contribution in [0.1, 0.15) is 20.3 Å². The van der Waals surface area contributed by atoms with Crippen LogP contribution >= 0.6 is 0 Å². The summed E-state index contributed by atoms with van der Waals surface area (Å²) in [6.07, 6.45) is 1.22. The minimum Gasteiger partial charge on any atom is -0.464 e. The molecule has 0 aromatic heterocycles. The maximum absolute atomic E-state index is 11.3. The highest BCUT2D eigenvalue weighted by molar-refractivity contribution is 5.86. The van der Waals surface area contributed by atoms with E-state index in [1.807, 2.05) is 6.92 Å². The highest BCUT2D eigenvalue weighted by atomic mass is 16.6. The highest BCUT2D eigenvalue weighted by Gasteiger charge is 2.11. The number of amides is 2. The first-order chi connectivity index (χ1) is 9.51. The first-order valence-corrected chi connectivity index (χ1v) is 6.48. The third-order valence-corrected chi connectivity index (χ3v) is 2.45. The van der Waals surface area contributed by atoms with Gasteiger partial charge in [-0.2, -0.15) is 0 Å². The third kappa shape index (κ3) is 8.96. The largest absolute Gasteiger partial charge is 0.464 e. The average Bonchev–Trinajstić information content (AvgIpc) is 2.46. The van der Waals surface area contributed by atoms with Crippen molar-refractivity contribution in [1.82, 2.24) is 10.6 Å². The first kappa shape index (κ1) is 17.9. The number of hydrogen-bond donors (Lipinski definition) is 2. The molecule has 7 heteroatoms. The van der Waals surface area contributed by atoms with Crippen molar-refractivity contribution in [2.45, 2.75) is 20.3 Å². The Bertz CT molecular complexity index is 344. The molecule has 0 spiro atoms. The fourth-order valence-corrected chi connectivity index (χ4v) is 1.05. The van der Waals surface area contributed by atoms with Gasteiger partial charge in [-0.3, -0.25) is 9.59 Å². The second kappa shape index (κ2) is 10.8. The molecule has 0 heterocycles. The number of esters is 1. The van der Waals surface area contributed by atoms with E-state index in [0.717, 1.165) is 6.08 Å². The zero-order valence-electron chi connectivity index (χ0n) is 11.9. The Labute approximate surface area is 118 Å². The predicted octanol–water partition coefficient (Wildman–Crippen LogP) is 0.604. The molecule has 0 bridgehead atoms. The summed E-state index contributed by atoms with van der Waals surface area (Å²) in [4.78, 5) is 33.3. The van der Waals surface area contributed by atoms with Crippen LogP contribution in [-0.2, 0) is 19.1 Å². The van der Waals surface area contributed by atoms with Crippen molar-refractivity contribution in [2.75, 3.05) is 26.3 Å². The Balaban J connectivity index is 3.52. The standard InChI is InChI=1S/C13H22N2O5/c1-4-10(3)12(17)19-8-7-15-13(18)20-9-6-14-11(16)5-2/h5,10H,2,4,6-9H2,1,3H3,(H,14,16)(H,15,18). The van der Waals surface area contributed by atoms with Gasteiger partial charge < -0.3 is 20.1 Å². The van der Waals surface area contributed by atoms with Crippen LogP contribution in [0.25, 0.3) is 0 Å². The maximum Gasteiger partial charge on any atom is 0.407 e. The van der Waals surface area contributed by atoms with E-state index in [2.05, 4.69) is 17.2 Å². The molecule has 0 aromatic rings. The lowest BCUT2D eigenvalue weighted by Gasteiger charge is -2.10. The smallest absolute Gasteiger partial charge is 0.407 e. The Hall–Kier alpha value is -2.05. The van der Waals surface area contributed by atoms with Crippen LogP contribution in [0.2, 0.25) is 0 Å². The van der Waals surface area contributed by atoms with Crippen LogP contribution in [0.5, 0.6) is 0 Å². The molecule has 2 N–H and O–H groups in total. The van der Waals surface area contributed by atoms with Crippen LogP contribution in [0.3, 0.4) is 0 Å². The number of carbonyl (C=O) groups excluding carboxylic acids is 3. The van der Waals surface area contributed by atoms with Crippen molar-refractivity contribution in [2.24, 2.45) is 5.92 Å². The quantitative estimate of drug-likeness (QED) is 0.368. The minimum absolute atomic E-state index is 0.0536. The Kier molecular flexibility index (Phi) is 9.72. The molecule has 1 unspecified atom stereocenters. The second-order valence-corrected chi connectivity index (χ2v) is 4.03. The Morgan fingerprint density at radius 1 is 1.15 bits per heavy atom. The molecule has 1 atom stereocenters. The number of rotatable bonds is 9. The number of alkyl carbamates (subject to hydrolysis) is 1. The minimum atomic E-state index is -0.627. The summed E-state index contributed by atoms with van der Waals surface area (Å²) in [5.41, 5.74) is 0. The topological polar surface area (TPSA) is 93.7 Å². The lowest BCUT2D eigenvalue weighted by atomic mass is 10.1. The van der Waals surface area contributed by atoms with E-state index < -0.39 is 6.09 Å². The fraction of sp³-hybridized carbons (Fsp3) is 0.615. The molecular weight excluding hydrogens is 264 g/mol. The summed E-state index contributed by atoms with van der Waals surface area (Å²) < 4.78 is 9.71. The van der Waals surface area contributed by atoms with Crippen LogP contribution in [-0.4, -0.2) is 44.3 Å². The van der Waals surface area contributed by atoms with Crippen LogP contribution in [0, 0.1) is 5.92 Å². The molecule has 20 heavy (non-hydrogen) atoms. The van der Waals surface area contributed by atoms with E-state index in [4.69, 9.17) is 9.47 Å². The summed E-state index contributed by atoms with van der Waals surface area (Å²) in [6, 6.07) is 0. The highest BCUT2D eigenvalue weighted by Crippen LogP contribution is 2.02. The molecule has 0 rings (SSSR count). The number of ether oxygens (including phenoxy) is 2. The van der Waals surface area contributed by atoms with Gasteiger partial charge >= 0.3 is 12.1 Å². The van der Waals surface area contributed by atoms with Gasteiger partial charge in [0.1, 0.15) is 13.2 Å². The summed E-state index contributed by atoms with van der Waals surface area (Å²) in [5.74, 6) is -0.754. The molecule has 0 aliphatic heterocycles. The Morgan fingerprint density at radius 2 is 1.75 bits per heavy atom. The van der Waals surface area contributed by atoms with Gasteiger partial charge in [0.25, 0.3) is 0 Å². The lowest BCUT2D eigenvalue weighted by molar-refractivity contribution is -0.147. The van der Waals surface area contributed by atoms with Crippen molar-refractivity contribution in [3.05, 3.63) is 12.7 Å². The molecule has 0 aliphatic carbocycles. The average molecular weight is 286 g/mol. The number of hydrogen-bond acceptors (Lipinski definition) is 5. The van der Waals surface area contributed by atoms with Crippen molar-refractivity contribution >= 4 is 18.0 Å². The molecule has 7 nitrogen and oxygen atoms in total. The van der Waals surface area contributed by atoms with Gasteiger partial charge in [-0.15, -0.1) is 0 Å². The monoisotopic (exact) mass is 286 g/mol. The summed E-state index contributed by atoms with van der Waals surface area (Å²) in [5, 5.41) is 4.88. The van der Waals surface area contributed by atoms with Crippen molar-refractivity contribution in [1.29, 1.82) is 0 Å². The van der Waals surface area contributed by atoms with Crippen molar-refractivity contribution < 1.29 is 23.9 Å². The van der Waals surface area contributed by atoms with E-state index in [0.29, 0.717) is 6.42 Å². The molecule has 0 aliphatic rings. The van der Waals surface area contributed by atoms with Gasteiger partial charge in [0.05, 0.1) is 19.0 Å². The van der Waals surface area contributed by atoms with Crippen molar-refractivity contribution in [3.63, 3.8) is 0 Å². The molecule has 114 valence electrons. The predicted molar refractivity (Wildman–Crippen MR) is 73.0 cm³/mol. The van der Waals surface area contributed by atoms with Crippen LogP contribution < -0.4 is 10.6 Å². The zero-order valence-corrected chi connectivity index (χ0v) is 11.9. The van der Waals surface area contributed by atoms with Gasteiger partial charge in [0, 0.05) is 0 Å². The molecule has 0 aromatic carbocycles. The number of carbonyl (C=O) groups is 3. The molecule has 2 amide bonds. The van der Waals surface area contributed by atoms with E-state index in [1.165, 1.54) is 0 Å². The van der Waals surface area contributed by atoms with E-state index in [1.54, 1.807) is 6.92 Å². The van der Waals surface area contributed by atoms with E-state index in [-0.39, 0.29) is 44.1 Å². The van der Waals surface area contributed by atoms with Gasteiger partial charge in [-0.05, 0) is 12.5 Å². The summed E-state index contributed by atoms with van der Waals surface area (Å²) in [7, 11) is 0. The summed E-state index contributed by atoms with van der Waals surface area (Å²) >= 11 is 0. The van der Waals surface area contributed by atoms with Gasteiger partial charge in [0.15, 0.2) is 0 Å². The molecule has 0 saturated heterocycles. The van der Waals surface area contributed by atoms with E-state index in [9.17, 15) is 14.4 Å². The van der Waals surface area contributed by atoms with Gasteiger partial charge in [-0.25, -0.2) is 4.79 Å². The van der Waals surface area contributed by atoms with Crippen LogP contribution in [0.4, 0.5) is 4.79 Å². The number of nitrogens with one attached hydrogen (secondary N) is 2. The molecule has 0 radical (unpaired) electrons. The maximum atomic E-state index is 11.3.